The van der Waals surface area contributed by atoms with E-state index in [9.17, 15) is 13.2 Å². The van der Waals surface area contributed by atoms with E-state index in [1.165, 1.54) is 4.90 Å². The lowest BCUT2D eigenvalue weighted by Gasteiger charge is -2.23. The summed E-state index contributed by atoms with van der Waals surface area (Å²) in [6.07, 6.45) is 0.475. The zero-order chi connectivity index (χ0) is 17.9. The Hall–Kier alpha value is -1.74. The minimum Gasteiger partial charge on any atom is -0.369 e. The van der Waals surface area contributed by atoms with Crippen molar-refractivity contribution in [2.75, 3.05) is 51.1 Å². The number of amides is 1. The Balaban J connectivity index is 2.09. The van der Waals surface area contributed by atoms with Gasteiger partial charge in [0.2, 0.25) is 0 Å². The first-order valence-electron chi connectivity index (χ1n) is 7.90. The number of carbonyl (C=O) groups is 1. The summed E-state index contributed by atoms with van der Waals surface area (Å²) in [6.45, 7) is 3.27. The molecule has 0 bridgehead atoms. The summed E-state index contributed by atoms with van der Waals surface area (Å²) < 4.78 is 23.2. The van der Waals surface area contributed by atoms with Crippen LogP contribution in [-0.2, 0) is 9.84 Å². The number of nitrogens with one attached hydrogen (secondary N) is 1. The molecule has 1 amide bonds. The number of nitrogens with zero attached hydrogens (tertiary/aromatic N) is 4. The van der Waals surface area contributed by atoms with Crippen molar-refractivity contribution in [3.05, 3.63) is 17.6 Å². The topological polar surface area (TPSA) is 95.5 Å². The Morgan fingerprint density at radius 1 is 1.33 bits per heavy atom. The molecule has 8 nitrogen and oxygen atoms in total. The number of carbonyl (C=O) groups excluding carboxylic acids is 1. The summed E-state index contributed by atoms with van der Waals surface area (Å²) in [5.74, 6) is 0.974. The normalized spacial score (nSPS) is 19.5. The van der Waals surface area contributed by atoms with Gasteiger partial charge in [-0.05, 0) is 27.4 Å². The second-order valence-corrected chi connectivity index (χ2v) is 8.62. The Bertz CT molecular complexity index is 705. The maximum Gasteiger partial charge on any atom is 0.272 e. The van der Waals surface area contributed by atoms with Crippen molar-refractivity contribution in [1.29, 1.82) is 0 Å². The van der Waals surface area contributed by atoms with Crippen molar-refractivity contribution in [3.8, 4) is 0 Å². The van der Waals surface area contributed by atoms with Gasteiger partial charge in [0.1, 0.15) is 17.3 Å². The molecule has 1 aliphatic heterocycles. The molecule has 24 heavy (non-hydrogen) atoms. The van der Waals surface area contributed by atoms with Crippen molar-refractivity contribution < 1.29 is 13.2 Å². The maximum absolute atomic E-state index is 12.6. The highest BCUT2D eigenvalue weighted by molar-refractivity contribution is 7.91. The van der Waals surface area contributed by atoms with E-state index in [2.05, 4.69) is 15.3 Å². The molecule has 2 rings (SSSR count). The number of aryl methyl sites for hydroxylation is 1. The van der Waals surface area contributed by atoms with Crippen LogP contribution in [0.25, 0.3) is 0 Å². The third kappa shape index (κ3) is 4.88. The SMILES string of the molecule is Cc1nc(NCCN(C)C)cc(C(=O)N(C)C2CCS(=O)(=O)C2)n1. The number of anilines is 1. The van der Waals surface area contributed by atoms with Crippen molar-refractivity contribution >= 4 is 21.6 Å². The highest BCUT2D eigenvalue weighted by atomic mass is 32.2. The minimum absolute atomic E-state index is 0.0211. The molecule has 1 aliphatic rings. The van der Waals surface area contributed by atoms with E-state index in [1.54, 1.807) is 20.0 Å². The molecule has 1 saturated heterocycles. The van der Waals surface area contributed by atoms with Gasteiger partial charge in [0.15, 0.2) is 9.84 Å². The summed E-state index contributed by atoms with van der Waals surface area (Å²) >= 11 is 0. The molecule has 0 radical (unpaired) electrons. The lowest BCUT2D eigenvalue weighted by molar-refractivity contribution is 0.0741. The fourth-order valence-electron chi connectivity index (χ4n) is 2.60. The van der Waals surface area contributed by atoms with Gasteiger partial charge in [0.05, 0.1) is 11.5 Å². The molecule has 134 valence electrons. The van der Waals surface area contributed by atoms with Crippen molar-refractivity contribution in [2.45, 2.75) is 19.4 Å². The Kier molecular flexibility index (Phi) is 5.76. The fourth-order valence-corrected chi connectivity index (χ4v) is 4.38. The molecule has 2 heterocycles. The van der Waals surface area contributed by atoms with Crippen LogP contribution in [0.2, 0.25) is 0 Å². The van der Waals surface area contributed by atoms with Crippen LogP contribution < -0.4 is 5.32 Å². The Labute approximate surface area is 143 Å². The number of rotatable bonds is 6. The average Bonchev–Trinajstić information content (AvgIpc) is 2.85. The predicted molar refractivity (Wildman–Crippen MR) is 93.0 cm³/mol. The van der Waals surface area contributed by atoms with Crippen LogP contribution in [0.3, 0.4) is 0 Å². The zero-order valence-electron chi connectivity index (χ0n) is 14.6. The van der Waals surface area contributed by atoms with Gasteiger partial charge < -0.3 is 15.1 Å². The molecule has 1 fully saturated rings. The largest absolute Gasteiger partial charge is 0.369 e. The summed E-state index contributed by atoms with van der Waals surface area (Å²) in [5.41, 5.74) is 0.279. The summed E-state index contributed by atoms with van der Waals surface area (Å²) in [7, 11) is 2.55. The molecule has 1 unspecified atom stereocenters. The molecule has 1 aromatic rings. The van der Waals surface area contributed by atoms with E-state index in [4.69, 9.17) is 0 Å². The monoisotopic (exact) mass is 355 g/mol. The van der Waals surface area contributed by atoms with Crippen LogP contribution in [0.5, 0.6) is 0 Å². The third-order valence-corrected chi connectivity index (χ3v) is 5.75. The van der Waals surface area contributed by atoms with Crippen molar-refractivity contribution in [3.63, 3.8) is 0 Å². The predicted octanol–water partition coefficient (Wildman–Crippen LogP) is 0.0176. The van der Waals surface area contributed by atoms with Crippen LogP contribution in [0.15, 0.2) is 6.07 Å². The van der Waals surface area contributed by atoms with Crippen LogP contribution in [-0.4, -0.2) is 85.9 Å². The van der Waals surface area contributed by atoms with Crippen LogP contribution in [0, 0.1) is 6.92 Å². The number of likely N-dealkylation sites (N-methyl/N-ethyl adjacent to an activating group) is 1. The first-order valence-corrected chi connectivity index (χ1v) is 9.72. The van der Waals surface area contributed by atoms with E-state index in [1.807, 2.05) is 19.0 Å². The lowest BCUT2D eigenvalue weighted by Crippen LogP contribution is -2.38. The Morgan fingerprint density at radius 2 is 2.04 bits per heavy atom. The van der Waals surface area contributed by atoms with Gasteiger partial charge in [-0.3, -0.25) is 4.79 Å². The van der Waals surface area contributed by atoms with Crippen molar-refractivity contribution in [1.82, 2.24) is 19.8 Å². The molecule has 0 aromatic carbocycles. The van der Waals surface area contributed by atoms with E-state index in [0.29, 0.717) is 24.6 Å². The molecule has 0 spiro atoms. The van der Waals surface area contributed by atoms with E-state index in [-0.39, 0.29) is 29.1 Å². The standard InChI is InChI=1S/C15H25N5O3S/c1-11-17-13(9-14(18-11)16-6-7-19(2)3)15(21)20(4)12-5-8-24(22,23)10-12/h9,12H,5-8,10H2,1-4H3,(H,16,17,18). The van der Waals surface area contributed by atoms with E-state index in [0.717, 1.165) is 6.54 Å². The fraction of sp³-hybridized carbons (Fsp3) is 0.667. The van der Waals surface area contributed by atoms with Gasteiger partial charge in [-0.15, -0.1) is 0 Å². The first-order chi connectivity index (χ1) is 11.2. The summed E-state index contributed by atoms with van der Waals surface area (Å²) in [5, 5.41) is 3.17. The van der Waals surface area contributed by atoms with Gasteiger partial charge in [0, 0.05) is 32.2 Å². The number of aromatic nitrogens is 2. The number of sulfone groups is 1. The van der Waals surface area contributed by atoms with Crippen molar-refractivity contribution in [2.24, 2.45) is 0 Å². The molecule has 0 aliphatic carbocycles. The second-order valence-electron chi connectivity index (χ2n) is 6.39. The number of hydrogen-bond acceptors (Lipinski definition) is 7. The molecule has 9 heteroatoms. The second kappa shape index (κ2) is 7.43. The maximum atomic E-state index is 12.6. The summed E-state index contributed by atoms with van der Waals surface area (Å²) in [4.78, 5) is 24.6. The zero-order valence-corrected chi connectivity index (χ0v) is 15.4. The highest BCUT2D eigenvalue weighted by Gasteiger charge is 2.33. The Morgan fingerprint density at radius 3 is 2.62 bits per heavy atom. The average molecular weight is 355 g/mol. The van der Waals surface area contributed by atoms with Gasteiger partial charge >= 0.3 is 0 Å². The molecule has 1 aromatic heterocycles. The smallest absolute Gasteiger partial charge is 0.272 e. The first kappa shape index (κ1) is 18.6. The third-order valence-electron chi connectivity index (χ3n) is 4.00. The molecule has 1 atom stereocenters. The molecule has 0 saturated carbocycles. The number of hydrogen-bond donors (Lipinski definition) is 1. The van der Waals surface area contributed by atoms with E-state index < -0.39 is 9.84 Å². The van der Waals surface area contributed by atoms with E-state index >= 15 is 0 Å². The molecular formula is C15H25N5O3S. The van der Waals surface area contributed by atoms with Crippen LogP contribution in [0.1, 0.15) is 22.7 Å². The quantitative estimate of drug-likeness (QED) is 0.768. The molecular weight excluding hydrogens is 330 g/mol. The van der Waals surface area contributed by atoms with Crippen LogP contribution >= 0.6 is 0 Å². The van der Waals surface area contributed by atoms with Gasteiger partial charge in [0.25, 0.3) is 5.91 Å². The minimum atomic E-state index is -3.04. The van der Waals surface area contributed by atoms with Gasteiger partial charge in [-0.1, -0.05) is 0 Å². The highest BCUT2D eigenvalue weighted by Crippen LogP contribution is 2.18. The molecule has 1 N–H and O–H groups in total. The lowest BCUT2D eigenvalue weighted by atomic mass is 10.2. The van der Waals surface area contributed by atoms with Crippen LogP contribution in [0.4, 0.5) is 5.82 Å². The van der Waals surface area contributed by atoms with Gasteiger partial charge in [-0.25, -0.2) is 18.4 Å². The summed E-state index contributed by atoms with van der Waals surface area (Å²) in [6, 6.07) is 1.33. The van der Waals surface area contributed by atoms with Gasteiger partial charge in [-0.2, -0.15) is 0 Å².